The number of Topliss-reactive ketones (excluding diaryl/α,β-unsaturated/α-hetero) is 1. The lowest BCUT2D eigenvalue weighted by atomic mass is 9.85. The molecule has 11 nitrogen and oxygen atoms in total. The van der Waals surface area contributed by atoms with Crippen molar-refractivity contribution in [3.05, 3.63) is 11.1 Å². The quantitative estimate of drug-likeness (QED) is 0.203. The minimum atomic E-state index is -1.10. The summed E-state index contributed by atoms with van der Waals surface area (Å²) in [5.74, 6) is -2.60. The topological polar surface area (TPSA) is 171 Å². The highest BCUT2D eigenvalue weighted by Crippen LogP contribution is 2.49. The second kappa shape index (κ2) is 10.3. The van der Waals surface area contributed by atoms with Gasteiger partial charge in [0.2, 0.25) is 17.6 Å². The van der Waals surface area contributed by atoms with Gasteiger partial charge in [-0.05, 0) is 43.1 Å². The fourth-order valence-electron chi connectivity index (χ4n) is 5.97. The number of amides is 5. The molecule has 3 aliphatic carbocycles. The predicted molar refractivity (Wildman–Crippen MR) is 138 cm³/mol. The van der Waals surface area contributed by atoms with Crippen LogP contribution < -0.4 is 21.7 Å². The molecule has 0 aromatic rings. The van der Waals surface area contributed by atoms with E-state index in [1.54, 1.807) is 0 Å². The highest BCUT2D eigenvalue weighted by molar-refractivity contribution is 6.37. The molecule has 3 fully saturated rings. The number of hydrogen-bond donors (Lipinski definition) is 5. The molecule has 6 N–H and O–H groups in total. The van der Waals surface area contributed by atoms with E-state index in [4.69, 9.17) is 5.73 Å². The standard InChI is InChI=1S/C27H41N5O6/c1-14-16-12-32(19(18(14)16)23(36)29-17(11-15-7-8-15)20(34)22(28)35)24(37)21(26(2,3)4)30-25(38)31-27(13-33)9-5-6-10-27/h15-17,19,21,33H,5-13H2,1-4H3,(H2,28,35)(H,29,36)(H2,30,31,38)/t16-,17?,19?,21-/m1/s1. The highest BCUT2D eigenvalue weighted by Gasteiger charge is 2.55. The first kappa shape index (κ1) is 28.1. The van der Waals surface area contributed by atoms with Crippen LogP contribution in [0.5, 0.6) is 0 Å². The van der Waals surface area contributed by atoms with Gasteiger partial charge in [-0.2, -0.15) is 0 Å². The summed E-state index contributed by atoms with van der Waals surface area (Å²) in [6.07, 6.45) is 5.34. The average molecular weight is 532 g/mol. The molecule has 0 spiro atoms. The van der Waals surface area contributed by atoms with E-state index in [-0.39, 0.29) is 18.4 Å². The Kier molecular flexibility index (Phi) is 7.62. The van der Waals surface area contributed by atoms with Gasteiger partial charge in [0, 0.05) is 12.5 Å². The minimum Gasteiger partial charge on any atom is -0.394 e. The Morgan fingerprint density at radius 3 is 2.26 bits per heavy atom. The van der Waals surface area contributed by atoms with Gasteiger partial charge in [0.15, 0.2) is 0 Å². The zero-order valence-electron chi connectivity index (χ0n) is 22.8. The Hall–Kier alpha value is -2.95. The number of nitrogens with two attached hydrogens (primary N) is 1. The van der Waals surface area contributed by atoms with Crippen LogP contribution in [-0.2, 0) is 19.2 Å². The molecular formula is C27H41N5O6. The zero-order chi connectivity index (χ0) is 28.0. The van der Waals surface area contributed by atoms with Gasteiger partial charge in [-0.15, -0.1) is 0 Å². The second-order valence-corrected chi connectivity index (χ2v) is 12.6. The van der Waals surface area contributed by atoms with E-state index in [0.717, 1.165) is 36.8 Å². The van der Waals surface area contributed by atoms with E-state index in [2.05, 4.69) is 16.0 Å². The molecule has 0 aromatic carbocycles. The van der Waals surface area contributed by atoms with Crippen molar-refractivity contribution in [1.82, 2.24) is 20.9 Å². The number of hydrogen-bond acceptors (Lipinski definition) is 6. The molecule has 4 rings (SSSR count). The molecule has 2 unspecified atom stereocenters. The van der Waals surface area contributed by atoms with Crippen molar-refractivity contribution < 1.29 is 29.1 Å². The number of nitrogens with zero attached hydrogens (tertiary/aromatic N) is 1. The van der Waals surface area contributed by atoms with Crippen molar-refractivity contribution in [3.63, 3.8) is 0 Å². The maximum Gasteiger partial charge on any atom is 0.315 e. The molecule has 4 atom stereocenters. The average Bonchev–Trinajstić information content (AvgIpc) is 3.65. The number of likely N-dealkylation sites (tertiary alicyclic amines) is 1. The molecule has 1 heterocycles. The van der Waals surface area contributed by atoms with E-state index < -0.39 is 58.6 Å². The zero-order valence-corrected chi connectivity index (χ0v) is 22.8. The molecule has 0 bridgehead atoms. The van der Waals surface area contributed by atoms with Crippen molar-refractivity contribution in [2.75, 3.05) is 13.2 Å². The van der Waals surface area contributed by atoms with Crippen molar-refractivity contribution >= 4 is 29.5 Å². The number of aliphatic hydroxyl groups excluding tert-OH is 1. The summed E-state index contributed by atoms with van der Waals surface area (Å²) < 4.78 is 0. The number of urea groups is 1. The van der Waals surface area contributed by atoms with Crippen molar-refractivity contribution in [2.45, 2.75) is 96.3 Å². The molecule has 1 aliphatic heterocycles. The van der Waals surface area contributed by atoms with Crippen LogP contribution >= 0.6 is 0 Å². The lowest BCUT2D eigenvalue weighted by Gasteiger charge is -2.37. The van der Waals surface area contributed by atoms with Gasteiger partial charge < -0.3 is 31.7 Å². The van der Waals surface area contributed by atoms with Gasteiger partial charge in [0.1, 0.15) is 12.1 Å². The number of aliphatic hydroxyl groups is 1. The summed E-state index contributed by atoms with van der Waals surface area (Å²) in [6, 6.07) is -3.41. The van der Waals surface area contributed by atoms with Gasteiger partial charge in [0.25, 0.3) is 5.91 Å². The number of nitrogens with one attached hydrogen (secondary N) is 3. The van der Waals surface area contributed by atoms with Gasteiger partial charge >= 0.3 is 6.03 Å². The van der Waals surface area contributed by atoms with Crippen LogP contribution in [0.15, 0.2) is 11.1 Å². The minimum absolute atomic E-state index is 0.00554. The molecule has 38 heavy (non-hydrogen) atoms. The van der Waals surface area contributed by atoms with Gasteiger partial charge in [0.05, 0.1) is 18.2 Å². The summed E-state index contributed by atoms with van der Waals surface area (Å²) in [5.41, 5.74) is 5.74. The Labute approximate surface area is 223 Å². The Morgan fingerprint density at radius 1 is 1.11 bits per heavy atom. The number of primary amides is 1. The summed E-state index contributed by atoms with van der Waals surface area (Å²) in [6.45, 7) is 7.55. The Morgan fingerprint density at radius 2 is 1.74 bits per heavy atom. The highest BCUT2D eigenvalue weighted by atomic mass is 16.3. The lowest BCUT2D eigenvalue weighted by molar-refractivity contribution is -0.143. The van der Waals surface area contributed by atoms with Crippen LogP contribution in [0.25, 0.3) is 0 Å². The van der Waals surface area contributed by atoms with Crippen LogP contribution in [0.3, 0.4) is 0 Å². The van der Waals surface area contributed by atoms with E-state index in [0.29, 0.717) is 25.8 Å². The molecule has 210 valence electrons. The summed E-state index contributed by atoms with van der Waals surface area (Å²) in [5, 5.41) is 18.3. The van der Waals surface area contributed by atoms with Crippen LogP contribution in [0.2, 0.25) is 0 Å². The first-order chi connectivity index (χ1) is 17.8. The smallest absolute Gasteiger partial charge is 0.315 e. The number of ketones is 1. The number of carbonyl (C=O) groups excluding carboxylic acids is 5. The van der Waals surface area contributed by atoms with E-state index in [1.165, 1.54) is 4.90 Å². The molecular weight excluding hydrogens is 490 g/mol. The predicted octanol–water partition coefficient (Wildman–Crippen LogP) is 0.502. The largest absolute Gasteiger partial charge is 0.394 e. The third-order valence-corrected chi connectivity index (χ3v) is 8.56. The first-order valence-corrected chi connectivity index (χ1v) is 13.6. The van der Waals surface area contributed by atoms with Gasteiger partial charge in [-0.3, -0.25) is 19.2 Å². The maximum atomic E-state index is 13.9. The number of carbonyl (C=O) groups is 5. The molecule has 2 saturated carbocycles. The third kappa shape index (κ3) is 5.72. The van der Waals surface area contributed by atoms with Crippen molar-refractivity contribution in [1.29, 1.82) is 0 Å². The number of rotatable bonds is 10. The summed E-state index contributed by atoms with van der Waals surface area (Å²) >= 11 is 0. The molecule has 4 aliphatic rings. The number of fused-ring (bicyclic) bond motifs is 1. The molecule has 0 radical (unpaired) electrons. The molecule has 1 saturated heterocycles. The van der Waals surface area contributed by atoms with Crippen LogP contribution in [-0.4, -0.2) is 76.4 Å². The van der Waals surface area contributed by atoms with E-state index in [9.17, 15) is 29.1 Å². The Bertz CT molecular complexity index is 1050. The van der Waals surface area contributed by atoms with Crippen LogP contribution in [0.4, 0.5) is 4.79 Å². The van der Waals surface area contributed by atoms with Crippen molar-refractivity contribution in [2.24, 2.45) is 23.0 Å². The summed E-state index contributed by atoms with van der Waals surface area (Å²) in [7, 11) is 0. The van der Waals surface area contributed by atoms with Crippen LogP contribution in [0.1, 0.15) is 72.6 Å². The normalized spacial score (nSPS) is 25.3. The Balaban J connectivity index is 1.51. The molecule has 11 heteroatoms. The van der Waals surface area contributed by atoms with E-state index >= 15 is 0 Å². The summed E-state index contributed by atoms with van der Waals surface area (Å²) in [4.78, 5) is 65.9. The fraction of sp³-hybridized carbons (Fsp3) is 0.741. The van der Waals surface area contributed by atoms with Crippen molar-refractivity contribution in [3.8, 4) is 0 Å². The third-order valence-electron chi connectivity index (χ3n) is 8.56. The van der Waals surface area contributed by atoms with Crippen LogP contribution in [0, 0.1) is 17.3 Å². The van der Waals surface area contributed by atoms with Gasteiger partial charge in [-0.1, -0.05) is 52.0 Å². The monoisotopic (exact) mass is 531 g/mol. The SMILES string of the molecule is CC1=C2C(C(=O)NC(CC3CC3)C(=O)C(N)=O)N(C(=O)[C@@H](NC(=O)NC3(CO)CCCC3)C(C)(C)C)C[C@H]12. The first-order valence-electron chi connectivity index (χ1n) is 13.6. The maximum absolute atomic E-state index is 13.9. The lowest BCUT2D eigenvalue weighted by Crippen LogP contribution is -2.62. The molecule has 5 amide bonds. The van der Waals surface area contributed by atoms with Gasteiger partial charge in [-0.25, -0.2) is 4.79 Å². The second-order valence-electron chi connectivity index (χ2n) is 12.6. The van der Waals surface area contributed by atoms with E-state index in [1.807, 2.05) is 27.7 Å². The molecule has 0 aromatic heterocycles. The fourth-order valence-corrected chi connectivity index (χ4v) is 5.97.